The molecule has 74 valence electrons. The fourth-order valence-corrected chi connectivity index (χ4v) is 2.52. The summed E-state index contributed by atoms with van der Waals surface area (Å²) in [7, 11) is 0. The van der Waals surface area contributed by atoms with Crippen molar-refractivity contribution in [2.24, 2.45) is 22.7 Å². The molecule has 3 atom stereocenters. The molecule has 2 aliphatic rings. The van der Waals surface area contributed by atoms with Crippen LogP contribution in [0.2, 0.25) is 0 Å². The van der Waals surface area contributed by atoms with Crippen molar-refractivity contribution in [1.29, 1.82) is 0 Å². The van der Waals surface area contributed by atoms with Crippen molar-refractivity contribution >= 4 is 6.29 Å². The molecule has 0 N–H and O–H groups in total. The van der Waals surface area contributed by atoms with Crippen molar-refractivity contribution in [3.63, 3.8) is 0 Å². The molecule has 1 heteroatoms. The molecule has 0 amide bonds. The lowest BCUT2D eigenvalue weighted by molar-refractivity contribution is -0.109. The van der Waals surface area contributed by atoms with Crippen LogP contribution in [0, 0.1) is 22.7 Å². The summed E-state index contributed by atoms with van der Waals surface area (Å²) in [6, 6.07) is 0. The van der Waals surface area contributed by atoms with Gasteiger partial charge in [0.15, 0.2) is 0 Å². The first-order valence-electron chi connectivity index (χ1n) is 5.43. The van der Waals surface area contributed by atoms with Crippen molar-refractivity contribution in [3.8, 4) is 0 Å². The third-order valence-corrected chi connectivity index (χ3v) is 4.37. The van der Waals surface area contributed by atoms with E-state index in [1.165, 1.54) is 19.3 Å². The standard InChI is InChI=1S/C12H20O/c1-11(2)6-9(11)4-5-12(3)7-10(12)8-13/h8-10H,4-7H2,1-3H3/t9-,10-,12+/m1/s1. The maximum absolute atomic E-state index is 10.6. The van der Waals surface area contributed by atoms with E-state index in [9.17, 15) is 4.79 Å². The summed E-state index contributed by atoms with van der Waals surface area (Å²) < 4.78 is 0. The van der Waals surface area contributed by atoms with Crippen LogP contribution >= 0.6 is 0 Å². The molecule has 0 radical (unpaired) electrons. The molecular weight excluding hydrogens is 160 g/mol. The highest BCUT2D eigenvalue weighted by atomic mass is 16.1. The van der Waals surface area contributed by atoms with Gasteiger partial charge in [0.2, 0.25) is 0 Å². The summed E-state index contributed by atoms with van der Waals surface area (Å²) >= 11 is 0. The van der Waals surface area contributed by atoms with Gasteiger partial charge in [0.25, 0.3) is 0 Å². The molecule has 0 spiro atoms. The second kappa shape index (κ2) is 2.59. The Morgan fingerprint density at radius 2 is 1.92 bits per heavy atom. The quantitative estimate of drug-likeness (QED) is 0.608. The fraction of sp³-hybridized carbons (Fsp3) is 0.917. The molecule has 2 fully saturated rings. The zero-order chi connectivity index (χ0) is 9.69. The molecule has 0 bridgehead atoms. The van der Waals surface area contributed by atoms with Crippen molar-refractivity contribution in [2.75, 3.05) is 0 Å². The lowest BCUT2D eigenvalue weighted by atomic mass is 9.96. The van der Waals surface area contributed by atoms with Gasteiger partial charge < -0.3 is 4.79 Å². The van der Waals surface area contributed by atoms with Crippen LogP contribution in [-0.2, 0) is 4.79 Å². The fourth-order valence-electron chi connectivity index (χ4n) is 2.52. The van der Waals surface area contributed by atoms with Crippen molar-refractivity contribution in [2.45, 2.75) is 46.5 Å². The minimum absolute atomic E-state index is 0.384. The number of hydrogen-bond donors (Lipinski definition) is 0. The molecule has 0 aromatic rings. The maximum Gasteiger partial charge on any atom is 0.123 e. The SMILES string of the molecule is CC1(C)C[C@H]1CC[C@@]1(C)C[C@@H]1C=O. The summed E-state index contributed by atoms with van der Waals surface area (Å²) in [6.07, 6.45) is 6.30. The Kier molecular flexibility index (Phi) is 1.84. The van der Waals surface area contributed by atoms with E-state index in [1.807, 2.05) is 0 Å². The van der Waals surface area contributed by atoms with Gasteiger partial charge in [-0.25, -0.2) is 0 Å². The van der Waals surface area contributed by atoms with Crippen LogP contribution in [0.25, 0.3) is 0 Å². The first-order valence-corrected chi connectivity index (χ1v) is 5.43. The van der Waals surface area contributed by atoms with Crippen LogP contribution in [-0.4, -0.2) is 6.29 Å². The Bertz CT molecular complexity index is 231. The number of carbonyl (C=O) groups is 1. The van der Waals surface area contributed by atoms with Crippen molar-refractivity contribution in [1.82, 2.24) is 0 Å². The summed E-state index contributed by atoms with van der Waals surface area (Å²) in [5, 5.41) is 0. The van der Waals surface area contributed by atoms with Crippen LogP contribution in [0.4, 0.5) is 0 Å². The van der Waals surface area contributed by atoms with Crippen LogP contribution in [0.1, 0.15) is 46.5 Å². The van der Waals surface area contributed by atoms with E-state index >= 15 is 0 Å². The molecule has 13 heavy (non-hydrogen) atoms. The van der Waals surface area contributed by atoms with Crippen molar-refractivity contribution < 1.29 is 4.79 Å². The van der Waals surface area contributed by atoms with E-state index < -0.39 is 0 Å². The van der Waals surface area contributed by atoms with Crippen LogP contribution in [0.15, 0.2) is 0 Å². The summed E-state index contributed by atoms with van der Waals surface area (Å²) in [6.45, 7) is 6.97. The van der Waals surface area contributed by atoms with E-state index in [1.54, 1.807) is 0 Å². The predicted molar refractivity (Wildman–Crippen MR) is 53.4 cm³/mol. The highest BCUT2D eigenvalue weighted by molar-refractivity contribution is 5.59. The molecule has 2 saturated carbocycles. The summed E-state index contributed by atoms with van der Waals surface area (Å²) in [5.41, 5.74) is 1.00. The van der Waals surface area contributed by atoms with Gasteiger partial charge in [-0.2, -0.15) is 0 Å². The number of aldehydes is 1. The zero-order valence-corrected chi connectivity index (χ0v) is 8.97. The highest BCUT2D eigenvalue weighted by Gasteiger charge is 2.52. The minimum atomic E-state index is 0.384. The molecule has 0 unspecified atom stereocenters. The molecular formula is C12H20O. The van der Waals surface area contributed by atoms with E-state index in [0.29, 0.717) is 16.7 Å². The lowest BCUT2D eigenvalue weighted by Crippen LogP contribution is -2.01. The van der Waals surface area contributed by atoms with E-state index in [-0.39, 0.29) is 0 Å². The molecule has 2 rings (SSSR count). The Hall–Kier alpha value is -0.330. The summed E-state index contributed by atoms with van der Waals surface area (Å²) in [4.78, 5) is 10.6. The molecule has 1 nitrogen and oxygen atoms in total. The molecule has 2 aliphatic carbocycles. The maximum atomic E-state index is 10.6. The molecule has 0 aliphatic heterocycles. The predicted octanol–water partition coefficient (Wildman–Crippen LogP) is 3.04. The zero-order valence-electron chi connectivity index (χ0n) is 8.97. The minimum Gasteiger partial charge on any atom is -0.303 e. The average molecular weight is 180 g/mol. The molecule has 0 aromatic heterocycles. The van der Waals surface area contributed by atoms with Gasteiger partial charge in [-0.15, -0.1) is 0 Å². The second-order valence-electron chi connectivity index (χ2n) is 6.03. The average Bonchev–Trinajstić information content (AvgIpc) is 2.87. The third kappa shape index (κ3) is 1.66. The van der Waals surface area contributed by atoms with Crippen LogP contribution in [0.3, 0.4) is 0 Å². The van der Waals surface area contributed by atoms with Crippen molar-refractivity contribution in [3.05, 3.63) is 0 Å². The normalized spacial score (nSPS) is 45.8. The van der Waals surface area contributed by atoms with E-state index in [4.69, 9.17) is 0 Å². The molecule has 0 aromatic carbocycles. The van der Waals surface area contributed by atoms with E-state index in [0.717, 1.165) is 18.6 Å². The smallest absolute Gasteiger partial charge is 0.123 e. The van der Waals surface area contributed by atoms with Crippen LogP contribution < -0.4 is 0 Å². The number of carbonyl (C=O) groups excluding carboxylic acids is 1. The van der Waals surface area contributed by atoms with Crippen LogP contribution in [0.5, 0.6) is 0 Å². The first-order chi connectivity index (χ1) is 5.98. The summed E-state index contributed by atoms with van der Waals surface area (Å²) in [5.74, 6) is 1.33. The number of hydrogen-bond acceptors (Lipinski definition) is 1. The molecule has 0 saturated heterocycles. The van der Waals surface area contributed by atoms with Gasteiger partial charge in [-0.05, 0) is 42.4 Å². The second-order valence-corrected chi connectivity index (χ2v) is 6.03. The Balaban J connectivity index is 1.73. The third-order valence-electron chi connectivity index (χ3n) is 4.37. The van der Waals surface area contributed by atoms with Gasteiger partial charge in [-0.3, -0.25) is 0 Å². The van der Waals surface area contributed by atoms with Gasteiger partial charge >= 0.3 is 0 Å². The Morgan fingerprint density at radius 1 is 1.31 bits per heavy atom. The first kappa shape index (κ1) is 9.23. The lowest BCUT2D eigenvalue weighted by Gasteiger charge is -2.09. The van der Waals surface area contributed by atoms with Gasteiger partial charge in [0, 0.05) is 5.92 Å². The monoisotopic (exact) mass is 180 g/mol. The van der Waals surface area contributed by atoms with Gasteiger partial charge in [-0.1, -0.05) is 20.8 Å². The topological polar surface area (TPSA) is 17.1 Å². The highest BCUT2D eigenvalue weighted by Crippen LogP contribution is 2.60. The largest absolute Gasteiger partial charge is 0.303 e. The Morgan fingerprint density at radius 3 is 2.31 bits per heavy atom. The molecule has 0 heterocycles. The number of rotatable bonds is 4. The van der Waals surface area contributed by atoms with Gasteiger partial charge in [0.1, 0.15) is 6.29 Å². The Labute approximate surface area is 80.9 Å². The van der Waals surface area contributed by atoms with Gasteiger partial charge in [0.05, 0.1) is 0 Å². The van der Waals surface area contributed by atoms with E-state index in [2.05, 4.69) is 20.8 Å².